The molecule has 0 aliphatic heterocycles. The van der Waals surface area contributed by atoms with Crippen LogP contribution in [0.4, 0.5) is 5.69 Å². The molecular weight excluding hydrogens is 330 g/mol. The number of nitrogens with zero attached hydrogens (tertiary/aromatic N) is 1. The molecule has 0 unspecified atom stereocenters. The molecule has 0 aliphatic carbocycles. The molecule has 0 saturated heterocycles. The van der Waals surface area contributed by atoms with E-state index >= 15 is 0 Å². The molecule has 21 heavy (non-hydrogen) atoms. The monoisotopic (exact) mass is 347 g/mol. The molecular formula is C17H18BrNO2. The van der Waals surface area contributed by atoms with Gasteiger partial charge in [-0.1, -0.05) is 24.3 Å². The van der Waals surface area contributed by atoms with E-state index in [1.165, 1.54) is 0 Å². The smallest absolute Gasteiger partial charge is 0.264 e. The number of halogens is 1. The van der Waals surface area contributed by atoms with E-state index in [9.17, 15) is 4.79 Å². The summed E-state index contributed by atoms with van der Waals surface area (Å²) in [6.07, 6.45) is 0. The maximum absolute atomic E-state index is 12.4. The highest BCUT2D eigenvalue weighted by Crippen LogP contribution is 2.24. The Morgan fingerprint density at radius 2 is 1.95 bits per heavy atom. The second-order valence-electron chi connectivity index (χ2n) is 4.70. The quantitative estimate of drug-likeness (QED) is 0.811. The zero-order valence-electron chi connectivity index (χ0n) is 12.2. The summed E-state index contributed by atoms with van der Waals surface area (Å²) in [6, 6.07) is 15.4. The molecule has 0 heterocycles. The van der Waals surface area contributed by atoms with Gasteiger partial charge in [0.2, 0.25) is 0 Å². The molecule has 110 valence electrons. The summed E-state index contributed by atoms with van der Waals surface area (Å²) in [4.78, 5) is 14.1. The normalized spacial score (nSPS) is 10.2. The fraction of sp³-hybridized carbons (Fsp3) is 0.235. The van der Waals surface area contributed by atoms with Crippen molar-refractivity contribution in [1.82, 2.24) is 0 Å². The standard InChI is InChI=1S/C17H18BrNO2/c1-3-19(14-8-6-7-13(2)11-14)17(20)12-21-16-10-5-4-9-15(16)18/h4-11H,3,12H2,1-2H3. The summed E-state index contributed by atoms with van der Waals surface area (Å²) in [7, 11) is 0. The molecule has 3 nitrogen and oxygen atoms in total. The number of benzene rings is 2. The number of ether oxygens (including phenoxy) is 1. The first-order valence-electron chi connectivity index (χ1n) is 6.86. The summed E-state index contributed by atoms with van der Waals surface area (Å²) in [5, 5.41) is 0. The molecule has 0 aromatic heterocycles. The number of amides is 1. The zero-order chi connectivity index (χ0) is 15.2. The van der Waals surface area contributed by atoms with Crippen molar-refractivity contribution >= 4 is 27.5 Å². The highest BCUT2D eigenvalue weighted by Gasteiger charge is 2.15. The highest BCUT2D eigenvalue weighted by molar-refractivity contribution is 9.10. The van der Waals surface area contributed by atoms with Crippen LogP contribution in [0.1, 0.15) is 12.5 Å². The number of anilines is 1. The van der Waals surface area contributed by atoms with E-state index in [0.29, 0.717) is 12.3 Å². The van der Waals surface area contributed by atoms with Crippen molar-refractivity contribution < 1.29 is 9.53 Å². The second kappa shape index (κ2) is 7.27. The lowest BCUT2D eigenvalue weighted by Crippen LogP contribution is -2.34. The Morgan fingerprint density at radius 1 is 1.19 bits per heavy atom. The van der Waals surface area contributed by atoms with Crippen molar-refractivity contribution in [3.63, 3.8) is 0 Å². The van der Waals surface area contributed by atoms with E-state index in [1.54, 1.807) is 4.90 Å². The predicted octanol–water partition coefficient (Wildman–Crippen LogP) is 4.19. The number of hydrogen-bond acceptors (Lipinski definition) is 2. The van der Waals surface area contributed by atoms with Gasteiger partial charge in [-0.25, -0.2) is 0 Å². The summed E-state index contributed by atoms with van der Waals surface area (Å²) in [5.41, 5.74) is 2.03. The van der Waals surface area contributed by atoms with Gasteiger partial charge in [0.25, 0.3) is 5.91 Å². The minimum absolute atomic E-state index is 0.0182. The van der Waals surface area contributed by atoms with Gasteiger partial charge in [0.1, 0.15) is 5.75 Å². The molecule has 0 atom stereocenters. The minimum Gasteiger partial charge on any atom is -0.483 e. The molecule has 0 N–H and O–H groups in total. The number of carbonyl (C=O) groups is 1. The fourth-order valence-corrected chi connectivity index (χ4v) is 2.48. The molecule has 1 amide bonds. The third-order valence-corrected chi connectivity index (χ3v) is 3.77. The molecule has 0 spiro atoms. The van der Waals surface area contributed by atoms with Crippen molar-refractivity contribution in [2.75, 3.05) is 18.1 Å². The van der Waals surface area contributed by atoms with E-state index in [4.69, 9.17) is 4.74 Å². The van der Waals surface area contributed by atoms with Gasteiger partial charge in [0.05, 0.1) is 4.47 Å². The van der Waals surface area contributed by atoms with E-state index in [0.717, 1.165) is 15.7 Å². The lowest BCUT2D eigenvalue weighted by molar-refractivity contribution is -0.120. The zero-order valence-corrected chi connectivity index (χ0v) is 13.8. The van der Waals surface area contributed by atoms with Crippen LogP contribution in [0.2, 0.25) is 0 Å². The Bertz CT molecular complexity index is 628. The predicted molar refractivity (Wildman–Crippen MR) is 88.8 cm³/mol. The van der Waals surface area contributed by atoms with Gasteiger partial charge in [0, 0.05) is 12.2 Å². The molecule has 2 aromatic carbocycles. The Kier molecular flexibility index (Phi) is 5.39. The molecule has 0 saturated carbocycles. The van der Waals surface area contributed by atoms with Gasteiger partial charge in [-0.05, 0) is 59.6 Å². The van der Waals surface area contributed by atoms with Gasteiger partial charge < -0.3 is 9.64 Å². The van der Waals surface area contributed by atoms with Gasteiger partial charge in [-0.3, -0.25) is 4.79 Å². The highest BCUT2D eigenvalue weighted by atomic mass is 79.9. The topological polar surface area (TPSA) is 29.5 Å². The number of rotatable bonds is 5. The van der Waals surface area contributed by atoms with Crippen LogP contribution >= 0.6 is 15.9 Å². The van der Waals surface area contributed by atoms with Crippen LogP contribution in [0, 0.1) is 6.92 Å². The number of hydrogen-bond donors (Lipinski definition) is 0. The Balaban J connectivity index is 2.06. The van der Waals surface area contributed by atoms with Crippen LogP contribution in [-0.4, -0.2) is 19.1 Å². The maximum atomic E-state index is 12.4. The molecule has 0 bridgehead atoms. The van der Waals surface area contributed by atoms with E-state index in [1.807, 2.05) is 62.4 Å². The first-order valence-corrected chi connectivity index (χ1v) is 7.65. The van der Waals surface area contributed by atoms with Crippen LogP contribution in [-0.2, 0) is 4.79 Å². The number of para-hydroxylation sites is 1. The molecule has 4 heteroatoms. The minimum atomic E-state index is -0.0566. The SMILES string of the molecule is CCN(C(=O)COc1ccccc1Br)c1cccc(C)c1. The van der Waals surface area contributed by atoms with Crippen molar-refractivity contribution in [2.45, 2.75) is 13.8 Å². The average Bonchev–Trinajstić information content (AvgIpc) is 2.47. The summed E-state index contributed by atoms with van der Waals surface area (Å²) in [6.45, 7) is 4.60. The summed E-state index contributed by atoms with van der Waals surface area (Å²) < 4.78 is 6.44. The van der Waals surface area contributed by atoms with Gasteiger partial charge >= 0.3 is 0 Å². The molecule has 0 fully saturated rings. The molecule has 0 aliphatic rings. The third-order valence-electron chi connectivity index (χ3n) is 3.12. The van der Waals surface area contributed by atoms with E-state index in [2.05, 4.69) is 15.9 Å². The number of carbonyl (C=O) groups excluding carboxylic acids is 1. The average molecular weight is 348 g/mol. The number of aryl methyl sites for hydroxylation is 1. The molecule has 0 radical (unpaired) electrons. The van der Waals surface area contributed by atoms with Gasteiger partial charge in [0.15, 0.2) is 6.61 Å². The lowest BCUT2D eigenvalue weighted by Gasteiger charge is -2.21. The molecule has 2 rings (SSSR count). The first kappa shape index (κ1) is 15.6. The Hall–Kier alpha value is -1.81. The van der Waals surface area contributed by atoms with Crippen molar-refractivity contribution in [3.8, 4) is 5.75 Å². The van der Waals surface area contributed by atoms with E-state index < -0.39 is 0 Å². The van der Waals surface area contributed by atoms with Gasteiger partial charge in [-0.15, -0.1) is 0 Å². The van der Waals surface area contributed by atoms with Crippen LogP contribution in [0.25, 0.3) is 0 Å². The summed E-state index contributed by atoms with van der Waals surface area (Å²) in [5.74, 6) is 0.616. The Morgan fingerprint density at radius 3 is 2.62 bits per heavy atom. The first-order chi connectivity index (χ1) is 10.1. The third kappa shape index (κ3) is 4.08. The van der Waals surface area contributed by atoms with Crippen LogP contribution in [0.15, 0.2) is 53.0 Å². The second-order valence-corrected chi connectivity index (χ2v) is 5.55. The maximum Gasteiger partial charge on any atom is 0.264 e. The largest absolute Gasteiger partial charge is 0.483 e. The van der Waals surface area contributed by atoms with E-state index in [-0.39, 0.29) is 12.5 Å². The van der Waals surface area contributed by atoms with Crippen LogP contribution in [0.3, 0.4) is 0 Å². The number of likely N-dealkylation sites (N-methyl/N-ethyl adjacent to an activating group) is 1. The van der Waals surface area contributed by atoms with Gasteiger partial charge in [-0.2, -0.15) is 0 Å². The van der Waals surface area contributed by atoms with Crippen molar-refractivity contribution in [3.05, 3.63) is 58.6 Å². The van der Waals surface area contributed by atoms with Crippen LogP contribution < -0.4 is 9.64 Å². The van der Waals surface area contributed by atoms with Crippen molar-refractivity contribution in [1.29, 1.82) is 0 Å². The summed E-state index contributed by atoms with van der Waals surface area (Å²) >= 11 is 3.41. The Labute approximate surface area is 133 Å². The lowest BCUT2D eigenvalue weighted by atomic mass is 10.2. The fourth-order valence-electron chi connectivity index (χ4n) is 2.08. The van der Waals surface area contributed by atoms with Crippen LogP contribution in [0.5, 0.6) is 5.75 Å². The molecule has 2 aromatic rings. The van der Waals surface area contributed by atoms with Crippen molar-refractivity contribution in [2.24, 2.45) is 0 Å².